The summed E-state index contributed by atoms with van der Waals surface area (Å²) in [5.74, 6) is -0.997. The predicted octanol–water partition coefficient (Wildman–Crippen LogP) is 3.58. The van der Waals surface area contributed by atoms with Gasteiger partial charge in [0.15, 0.2) is 6.61 Å². The molecule has 2 rings (SSSR count). The first-order chi connectivity index (χ1) is 12.5. The van der Waals surface area contributed by atoms with E-state index in [-0.39, 0.29) is 18.1 Å². The lowest BCUT2D eigenvalue weighted by atomic mass is 10.2. The van der Waals surface area contributed by atoms with Gasteiger partial charge in [0.2, 0.25) is 5.88 Å². The highest BCUT2D eigenvalue weighted by molar-refractivity contribution is 5.74. The third-order valence-electron chi connectivity index (χ3n) is 3.25. The van der Waals surface area contributed by atoms with Gasteiger partial charge < -0.3 is 15.4 Å². The zero-order valence-corrected chi connectivity index (χ0v) is 14.6. The summed E-state index contributed by atoms with van der Waals surface area (Å²) in [6.07, 6.45) is -7.40. The number of hydrogen-bond donors (Lipinski definition) is 2. The van der Waals surface area contributed by atoms with Crippen molar-refractivity contribution in [3.8, 4) is 5.88 Å². The molecular weight excluding hydrogens is 382 g/mol. The van der Waals surface area contributed by atoms with Crippen molar-refractivity contribution in [3.05, 3.63) is 18.1 Å². The minimum atomic E-state index is -4.55. The second-order valence-electron chi connectivity index (χ2n) is 5.44. The van der Waals surface area contributed by atoms with Crippen LogP contribution < -0.4 is 15.4 Å². The Morgan fingerprint density at radius 3 is 2.37 bits per heavy atom. The van der Waals surface area contributed by atoms with Crippen LogP contribution in [0.25, 0.3) is 0 Å². The highest BCUT2D eigenvalue weighted by Crippen LogP contribution is 2.40. The topological polar surface area (TPSA) is 76.1 Å². The van der Waals surface area contributed by atoms with Gasteiger partial charge in [-0.3, -0.25) is 0 Å². The summed E-state index contributed by atoms with van der Waals surface area (Å²) in [7, 11) is 0. The fourth-order valence-electron chi connectivity index (χ4n) is 1.97. The Morgan fingerprint density at radius 1 is 1.22 bits per heavy atom. The molecule has 1 aliphatic carbocycles. The highest BCUT2D eigenvalue weighted by Gasteiger charge is 2.49. The standard InChI is InChI=1S/C13H14F6N4O2.C2H6/c14-12(15,16)5-25-9-3-8(21-6-22-9)4-20-11(24)23-10(7-1-2-7)13(17,18)19;1-2/h3,6-7,10H,1-2,4-5H2,(H2,20,23,24);1-2H3. The van der Waals surface area contributed by atoms with E-state index in [1.54, 1.807) is 0 Å². The summed E-state index contributed by atoms with van der Waals surface area (Å²) in [5.41, 5.74) is 0.0808. The molecule has 1 unspecified atom stereocenters. The second-order valence-corrected chi connectivity index (χ2v) is 5.44. The number of ether oxygens (including phenoxy) is 1. The van der Waals surface area contributed by atoms with Gasteiger partial charge in [-0.15, -0.1) is 0 Å². The van der Waals surface area contributed by atoms with Crippen molar-refractivity contribution in [1.82, 2.24) is 20.6 Å². The van der Waals surface area contributed by atoms with Gasteiger partial charge in [-0.1, -0.05) is 13.8 Å². The van der Waals surface area contributed by atoms with Gasteiger partial charge in [-0.2, -0.15) is 26.3 Å². The number of aromatic nitrogens is 2. The van der Waals surface area contributed by atoms with E-state index in [2.05, 4.69) is 20.0 Å². The number of nitrogens with zero attached hydrogens (tertiary/aromatic N) is 2. The molecule has 154 valence electrons. The molecule has 1 aromatic rings. The van der Waals surface area contributed by atoms with E-state index in [0.717, 1.165) is 12.4 Å². The van der Waals surface area contributed by atoms with Crippen LogP contribution >= 0.6 is 0 Å². The summed E-state index contributed by atoms with van der Waals surface area (Å²) in [6, 6.07) is -1.93. The number of halogens is 6. The van der Waals surface area contributed by atoms with Gasteiger partial charge in [0.25, 0.3) is 0 Å². The quantitative estimate of drug-likeness (QED) is 0.714. The van der Waals surface area contributed by atoms with Crippen LogP contribution in [-0.4, -0.2) is 41.0 Å². The maximum absolute atomic E-state index is 12.8. The van der Waals surface area contributed by atoms with Crippen molar-refractivity contribution in [1.29, 1.82) is 0 Å². The number of rotatable bonds is 6. The van der Waals surface area contributed by atoms with E-state index in [9.17, 15) is 31.1 Å². The molecule has 0 spiro atoms. The lowest BCUT2D eigenvalue weighted by Crippen LogP contribution is -2.50. The van der Waals surface area contributed by atoms with Crippen molar-refractivity contribution in [2.45, 2.75) is 51.6 Å². The minimum absolute atomic E-state index is 0.0808. The molecule has 27 heavy (non-hydrogen) atoms. The molecule has 0 aliphatic heterocycles. The zero-order valence-electron chi connectivity index (χ0n) is 14.6. The number of urea groups is 1. The Bertz CT molecular complexity index is 605. The van der Waals surface area contributed by atoms with Crippen molar-refractivity contribution in [2.75, 3.05) is 6.61 Å². The fraction of sp³-hybridized carbons (Fsp3) is 0.667. The van der Waals surface area contributed by atoms with Crippen LogP contribution in [0, 0.1) is 5.92 Å². The first kappa shape index (κ1) is 22.8. The van der Waals surface area contributed by atoms with E-state index < -0.39 is 37.0 Å². The molecule has 2 N–H and O–H groups in total. The summed E-state index contributed by atoms with van der Waals surface area (Å²) < 4.78 is 79.0. The van der Waals surface area contributed by atoms with Crippen molar-refractivity contribution in [3.63, 3.8) is 0 Å². The van der Waals surface area contributed by atoms with Gasteiger partial charge in [0.1, 0.15) is 12.4 Å². The fourth-order valence-corrected chi connectivity index (χ4v) is 1.97. The number of nitrogens with one attached hydrogen (secondary N) is 2. The van der Waals surface area contributed by atoms with Crippen LogP contribution in [0.4, 0.5) is 31.1 Å². The summed E-state index contributed by atoms with van der Waals surface area (Å²) >= 11 is 0. The maximum atomic E-state index is 12.8. The third-order valence-corrected chi connectivity index (χ3v) is 3.25. The maximum Gasteiger partial charge on any atom is 0.422 e. The van der Waals surface area contributed by atoms with E-state index in [4.69, 9.17) is 0 Å². The minimum Gasteiger partial charge on any atom is -0.468 e. The van der Waals surface area contributed by atoms with Crippen LogP contribution in [0.2, 0.25) is 0 Å². The second kappa shape index (κ2) is 9.60. The summed E-state index contributed by atoms with van der Waals surface area (Å²) in [5, 5.41) is 4.02. The molecule has 0 bridgehead atoms. The van der Waals surface area contributed by atoms with Gasteiger partial charge in [-0.25, -0.2) is 14.8 Å². The molecule has 1 fully saturated rings. The number of carbonyl (C=O) groups is 1. The van der Waals surface area contributed by atoms with Gasteiger partial charge in [0, 0.05) is 6.07 Å². The summed E-state index contributed by atoms with van der Waals surface area (Å²) in [6.45, 7) is 2.15. The first-order valence-corrected chi connectivity index (χ1v) is 8.16. The molecule has 1 heterocycles. The number of alkyl halides is 6. The molecule has 1 atom stereocenters. The number of carbonyl (C=O) groups excluding carboxylic acids is 1. The third kappa shape index (κ3) is 8.78. The molecule has 1 aliphatic rings. The molecular formula is C15H20F6N4O2. The SMILES string of the molecule is CC.O=C(NCc1cc(OCC(F)(F)F)ncn1)NC(C1CC1)C(F)(F)F. The smallest absolute Gasteiger partial charge is 0.422 e. The highest BCUT2D eigenvalue weighted by atomic mass is 19.4. The summed E-state index contributed by atoms with van der Waals surface area (Å²) in [4.78, 5) is 18.8. The lowest BCUT2D eigenvalue weighted by molar-refractivity contribution is -0.157. The molecule has 2 amide bonds. The predicted molar refractivity (Wildman–Crippen MR) is 82.9 cm³/mol. The number of hydrogen-bond acceptors (Lipinski definition) is 4. The van der Waals surface area contributed by atoms with Crippen molar-refractivity contribution in [2.24, 2.45) is 5.92 Å². The Morgan fingerprint density at radius 2 is 1.85 bits per heavy atom. The monoisotopic (exact) mass is 402 g/mol. The Kier molecular flexibility index (Phi) is 8.10. The molecule has 12 heteroatoms. The molecule has 0 aromatic carbocycles. The van der Waals surface area contributed by atoms with E-state index in [1.807, 2.05) is 19.2 Å². The van der Waals surface area contributed by atoms with Gasteiger partial charge in [-0.05, 0) is 18.8 Å². The molecule has 1 aromatic heterocycles. The van der Waals surface area contributed by atoms with E-state index in [0.29, 0.717) is 12.8 Å². The largest absolute Gasteiger partial charge is 0.468 e. The van der Waals surface area contributed by atoms with Crippen molar-refractivity contribution >= 4 is 6.03 Å². The zero-order chi connectivity index (χ0) is 20.7. The molecule has 0 saturated heterocycles. The first-order valence-electron chi connectivity index (χ1n) is 8.16. The van der Waals surface area contributed by atoms with Crippen LogP contribution in [0.5, 0.6) is 5.88 Å². The van der Waals surface area contributed by atoms with Crippen LogP contribution in [-0.2, 0) is 6.54 Å². The van der Waals surface area contributed by atoms with Crippen LogP contribution in [0.1, 0.15) is 32.4 Å². The average molecular weight is 402 g/mol. The van der Waals surface area contributed by atoms with Crippen LogP contribution in [0.15, 0.2) is 12.4 Å². The van der Waals surface area contributed by atoms with E-state index in [1.165, 1.54) is 0 Å². The average Bonchev–Trinajstić information content (AvgIpc) is 3.41. The molecule has 0 radical (unpaired) electrons. The molecule has 1 saturated carbocycles. The Balaban J connectivity index is 0.00000176. The van der Waals surface area contributed by atoms with Crippen LogP contribution in [0.3, 0.4) is 0 Å². The Labute approximate surface area is 151 Å². The normalized spacial score (nSPS) is 15.3. The van der Waals surface area contributed by atoms with Crippen molar-refractivity contribution < 1.29 is 35.9 Å². The lowest BCUT2D eigenvalue weighted by Gasteiger charge is -2.21. The van der Waals surface area contributed by atoms with Gasteiger partial charge in [0.05, 0.1) is 12.2 Å². The van der Waals surface area contributed by atoms with E-state index >= 15 is 0 Å². The molecule has 6 nitrogen and oxygen atoms in total. The Hall–Kier alpha value is -2.27. The van der Waals surface area contributed by atoms with Gasteiger partial charge >= 0.3 is 18.4 Å². The number of amides is 2.